The fraction of sp³-hybridized carbons (Fsp3) is 0.471. The molecule has 1 aromatic carbocycles. The normalized spacial score (nSPS) is 16.8. The van der Waals surface area contributed by atoms with Crippen molar-refractivity contribution in [3.05, 3.63) is 41.7 Å². The Balaban J connectivity index is 1.68. The van der Waals surface area contributed by atoms with Gasteiger partial charge in [0.25, 0.3) is 5.91 Å². The molecular formula is C17H23N5O2. The second-order valence-corrected chi connectivity index (χ2v) is 6.02. The van der Waals surface area contributed by atoms with Crippen LogP contribution in [0, 0.1) is 0 Å². The Hall–Kier alpha value is -2.25. The lowest BCUT2D eigenvalue weighted by atomic mass is 10.1. The number of rotatable bonds is 5. The number of carbonyl (C=O) groups excluding carboxylic acids is 1. The molecule has 0 radical (unpaired) electrons. The molecule has 0 saturated carbocycles. The van der Waals surface area contributed by atoms with E-state index in [4.69, 9.17) is 4.74 Å². The van der Waals surface area contributed by atoms with Gasteiger partial charge in [-0.15, -0.1) is 5.10 Å². The van der Waals surface area contributed by atoms with Crippen molar-refractivity contribution in [1.29, 1.82) is 0 Å². The number of ether oxygens (including phenoxy) is 1. The first-order chi connectivity index (χ1) is 11.7. The highest BCUT2D eigenvalue weighted by Crippen LogP contribution is 2.20. The molecule has 0 spiro atoms. The summed E-state index contributed by atoms with van der Waals surface area (Å²) in [4.78, 5) is 12.4. The van der Waals surface area contributed by atoms with Crippen LogP contribution in [-0.4, -0.2) is 41.1 Å². The average molecular weight is 329 g/mol. The third-order valence-electron chi connectivity index (χ3n) is 4.39. The van der Waals surface area contributed by atoms with E-state index in [9.17, 15) is 4.79 Å². The summed E-state index contributed by atoms with van der Waals surface area (Å²) in [6, 6.07) is 7.93. The summed E-state index contributed by atoms with van der Waals surface area (Å²) in [5.74, 6) is -0.252. The maximum atomic E-state index is 12.4. The number of hydrogen-bond donors (Lipinski definition) is 2. The largest absolute Gasteiger partial charge is 0.377 e. The van der Waals surface area contributed by atoms with Crippen LogP contribution >= 0.6 is 0 Å². The van der Waals surface area contributed by atoms with Crippen molar-refractivity contribution in [3.63, 3.8) is 0 Å². The number of hydrogen-bond acceptors (Lipinski definition) is 5. The van der Waals surface area contributed by atoms with Crippen LogP contribution < -0.4 is 10.6 Å². The van der Waals surface area contributed by atoms with Gasteiger partial charge in [0.15, 0.2) is 5.69 Å². The molecule has 1 atom stereocenters. The van der Waals surface area contributed by atoms with Gasteiger partial charge in [-0.1, -0.05) is 17.3 Å². The molecule has 1 aromatic heterocycles. The molecule has 128 valence electrons. The molecule has 2 N–H and O–H groups in total. The molecule has 1 aliphatic heterocycles. The van der Waals surface area contributed by atoms with Crippen LogP contribution in [0.5, 0.6) is 0 Å². The van der Waals surface area contributed by atoms with E-state index in [-0.39, 0.29) is 12.0 Å². The van der Waals surface area contributed by atoms with Gasteiger partial charge in [-0.25, -0.2) is 4.68 Å². The number of benzene rings is 1. The SMILES string of the molecule is COC(C)c1cccc(NC(=O)c2cn(C3CCNCC3)nn2)c1. The van der Waals surface area contributed by atoms with E-state index in [2.05, 4.69) is 20.9 Å². The molecule has 2 heterocycles. The molecule has 3 rings (SSSR count). The monoisotopic (exact) mass is 329 g/mol. The van der Waals surface area contributed by atoms with Gasteiger partial charge >= 0.3 is 0 Å². The number of aromatic nitrogens is 3. The fourth-order valence-corrected chi connectivity index (χ4v) is 2.83. The van der Waals surface area contributed by atoms with Gasteiger partial charge in [-0.05, 0) is 50.6 Å². The lowest BCUT2D eigenvalue weighted by Gasteiger charge is -2.22. The minimum Gasteiger partial charge on any atom is -0.377 e. The summed E-state index contributed by atoms with van der Waals surface area (Å²) in [5.41, 5.74) is 2.06. The number of piperidine rings is 1. The molecule has 24 heavy (non-hydrogen) atoms. The summed E-state index contributed by atoms with van der Waals surface area (Å²) < 4.78 is 7.11. The maximum absolute atomic E-state index is 12.4. The quantitative estimate of drug-likeness (QED) is 0.878. The molecule has 1 unspecified atom stereocenters. The minimum atomic E-state index is -0.252. The van der Waals surface area contributed by atoms with Gasteiger partial charge in [-0.3, -0.25) is 4.79 Å². The Kier molecular flexibility index (Phi) is 5.22. The van der Waals surface area contributed by atoms with Crippen molar-refractivity contribution >= 4 is 11.6 Å². The summed E-state index contributed by atoms with van der Waals surface area (Å²) in [6.07, 6.45) is 3.71. The predicted octanol–water partition coefficient (Wildman–Crippen LogP) is 2.16. The molecule has 0 bridgehead atoms. The van der Waals surface area contributed by atoms with E-state index < -0.39 is 0 Å². The standard InChI is InChI=1S/C17H23N5O2/c1-12(24-2)13-4-3-5-14(10-13)19-17(23)16-11-22(21-20-16)15-6-8-18-9-7-15/h3-5,10-12,15,18H,6-9H2,1-2H3,(H,19,23). The third-order valence-corrected chi connectivity index (χ3v) is 4.39. The van der Waals surface area contributed by atoms with Crippen LogP contribution in [0.1, 0.15) is 48.0 Å². The van der Waals surface area contributed by atoms with Crippen molar-refractivity contribution in [2.75, 3.05) is 25.5 Å². The number of methoxy groups -OCH3 is 1. The molecule has 2 aromatic rings. The summed E-state index contributed by atoms with van der Waals surface area (Å²) >= 11 is 0. The molecule has 7 heteroatoms. The zero-order valence-corrected chi connectivity index (χ0v) is 14.0. The van der Waals surface area contributed by atoms with E-state index in [1.807, 2.05) is 31.2 Å². The maximum Gasteiger partial charge on any atom is 0.277 e. The molecule has 1 amide bonds. The van der Waals surface area contributed by atoms with Gasteiger partial charge in [0.1, 0.15) is 0 Å². The highest BCUT2D eigenvalue weighted by molar-refractivity contribution is 6.02. The summed E-state index contributed by atoms with van der Waals surface area (Å²) in [6.45, 7) is 3.90. The molecule has 1 saturated heterocycles. The Labute approximate surface area is 141 Å². The summed E-state index contributed by atoms with van der Waals surface area (Å²) in [5, 5.41) is 14.3. The van der Waals surface area contributed by atoms with Crippen LogP contribution in [0.15, 0.2) is 30.5 Å². The van der Waals surface area contributed by atoms with Crippen molar-refractivity contribution in [3.8, 4) is 0 Å². The number of anilines is 1. The topological polar surface area (TPSA) is 81.1 Å². The predicted molar refractivity (Wildman–Crippen MR) is 91.0 cm³/mol. The third kappa shape index (κ3) is 3.80. The number of carbonyl (C=O) groups is 1. The Morgan fingerprint density at radius 1 is 1.42 bits per heavy atom. The lowest BCUT2D eigenvalue weighted by Crippen LogP contribution is -2.29. The molecule has 1 aliphatic rings. The van der Waals surface area contributed by atoms with E-state index in [0.717, 1.165) is 37.2 Å². The number of nitrogens with one attached hydrogen (secondary N) is 2. The van der Waals surface area contributed by atoms with Crippen LogP contribution in [0.2, 0.25) is 0 Å². The highest BCUT2D eigenvalue weighted by atomic mass is 16.5. The molecule has 1 fully saturated rings. The van der Waals surface area contributed by atoms with E-state index >= 15 is 0 Å². The average Bonchev–Trinajstić information content (AvgIpc) is 3.12. The van der Waals surface area contributed by atoms with Crippen molar-refractivity contribution in [2.24, 2.45) is 0 Å². The molecule has 7 nitrogen and oxygen atoms in total. The number of nitrogens with zero attached hydrogens (tertiary/aromatic N) is 3. The first-order valence-electron chi connectivity index (χ1n) is 8.24. The van der Waals surface area contributed by atoms with Crippen LogP contribution in [0.25, 0.3) is 0 Å². The van der Waals surface area contributed by atoms with Gasteiger partial charge in [0.2, 0.25) is 0 Å². The van der Waals surface area contributed by atoms with Crippen molar-refractivity contribution < 1.29 is 9.53 Å². The smallest absolute Gasteiger partial charge is 0.277 e. The Bertz CT molecular complexity index is 694. The summed E-state index contributed by atoms with van der Waals surface area (Å²) in [7, 11) is 1.66. The van der Waals surface area contributed by atoms with Gasteiger partial charge < -0.3 is 15.4 Å². The van der Waals surface area contributed by atoms with Crippen molar-refractivity contribution in [2.45, 2.75) is 31.9 Å². The van der Waals surface area contributed by atoms with E-state index in [0.29, 0.717) is 11.7 Å². The zero-order chi connectivity index (χ0) is 16.9. The van der Waals surface area contributed by atoms with Crippen LogP contribution in [0.3, 0.4) is 0 Å². The fourth-order valence-electron chi connectivity index (χ4n) is 2.83. The highest BCUT2D eigenvalue weighted by Gasteiger charge is 2.19. The van der Waals surface area contributed by atoms with Gasteiger partial charge in [0.05, 0.1) is 18.3 Å². The van der Waals surface area contributed by atoms with E-state index in [1.54, 1.807) is 18.0 Å². The first kappa shape index (κ1) is 16.6. The van der Waals surface area contributed by atoms with Gasteiger partial charge in [-0.2, -0.15) is 0 Å². The van der Waals surface area contributed by atoms with E-state index in [1.165, 1.54) is 0 Å². The second-order valence-electron chi connectivity index (χ2n) is 6.02. The zero-order valence-electron chi connectivity index (χ0n) is 14.0. The van der Waals surface area contributed by atoms with Crippen molar-refractivity contribution in [1.82, 2.24) is 20.3 Å². The Morgan fingerprint density at radius 3 is 2.96 bits per heavy atom. The second kappa shape index (κ2) is 7.55. The van der Waals surface area contributed by atoms with Crippen LogP contribution in [0.4, 0.5) is 5.69 Å². The Morgan fingerprint density at radius 2 is 2.21 bits per heavy atom. The molecule has 0 aliphatic carbocycles. The van der Waals surface area contributed by atoms with Crippen LogP contribution in [-0.2, 0) is 4.74 Å². The molecular weight excluding hydrogens is 306 g/mol. The lowest BCUT2D eigenvalue weighted by molar-refractivity contribution is 0.102. The first-order valence-corrected chi connectivity index (χ1v) is 8.24. The van der Waals surface area contributed by atoms with Gasteiger partial charge in [0, 0.05) is 12.8 Å². The minimum absolute atomic E-state index is 0.0253. The number of amides is 1.